The Morgan fingerprint density at radius 1 is 1.26 bits per heavy atom. The third kappa shape index (κ3) is 2.79. The lowest BCUT2D eigenvalue weighted by molar-refractivity contribution is 0.0592. The number of aromatic nitrogens is 4. The molecule has 1 aromatic carbocycles. The molecule has 1 aliphatic rings. The molecule has 1 saturated heterocycles. The fourth-order valence-electron chi connectivity index (χ4n) is 2.64. The molecule has 0 bridgehead atoms. The summed E-state index contributed by atoms with van der Waals surface area (Å²) in [5.74, 6) is 0.275. The fourth-order valence-corrected chi connectivity index (χ4v) is 2.98. The number of benzene rings is 1. The molecule has 1 unspecified atom stereocenters. The first kappa shape index (κ1) is 14.5. The maximum absolute atomic E-state index is 13.0. The van der Waals surface area contributed by atoms with Gasteiger partial charge in [-0.05, 0) is 53.0 Å². The molecule has 0 amide bonds. The lowest BCUT2D eigenvalue weighted by Crippen LogP contribution is -2.07. The van der Waals surface area contributed by atoms with Crippen molar-refractivity contribution in [1.82, 2.24) is 19.5 Å². The number of rotatable bonds is 3. The van der Waals surface area contributed by atoms with Crippen LogP contribution in [0.4, 0.5) is 15.9 Å². The molecule has 1 aliphatic heterocycles. The van der Waals surface area contributed by atoms with Gasteiger partial charge in [0.05, 0.1) is 6.33 Å². The van der Waals surface area contributed by atoms with E-state index in [-0.39, 0.29) is 12.0 Å². The van der Waals surface area contributed by atoms with Gasteiger partial charge in [0.25, 0.3) is 0 Å². The van der Waals surface area contributed by atoms with E-state index < -0.39 is 0 Å². The number of nitrogens with zero attached hydrogens (tertiary/aromatic N) is 4. The molecule has 8 heteroatoms. The lowest BCUT2D eigenvalue weighted by atomic mass is 10.3. The highest BCUT2D eigenvalue weighted by molar-refractivity contribution is 9.10. The Balaban J connectivity index is 1.75. The molecule has 0 aliphatic carbocycles. The quantitative estimate of drug-likeness (QED) is 0.703. The van der Waals surface area contributed by atoms with Crippen molar-refractivity contribution in [2.24, 2.45) is 0 Å². The van der Waals surface area contributed by atoms with Gasteiger partial charge in [0, 0.05) is 12.3 Å². The van der Waals surface area contributed by atoms with Crippen molar-refractivity contribution in [1.29, 1.82) is 0 Å². The monoisotopic (exact) mass is 377 g/mol. The van der Waals surface area contributed by atoms with Gasteiger partial charge in [0.15, 0.2) is 17.0 Å². The van der Waals surface area contributed by atoms with E-state index in [4.69, 9.17) is 4.74 Å². The predicted molar refractivity (Wildman–Crippen MR) is 86.9 cm³/mol. The summed E-state index contributed by atoms with van der Waals surface area (Å²) in [4.78, 5) is 13.2. The van der Waals surface area contributed by atoms with Crippen molar-refractivity contribution in [3.8, 4) is 0 Å². The van der Waals surface area contributed by atoms with Crippen LogP contribution in [0.15, 0.2) is 35.3 Å². The van der Waals surface area contributed by atoms with Crippen LogP contribution in [0, 0.1) is 5.82 Å². The van der Waals surface area contributed by atoms with Crippen molar-refractivity contribution >= 4 is 38.6 Å². The molecule has 6 nitrogen and oxygen atoms in total. The molecule has 118 valence electrons. The Kier molecular flexibility index (Phi) is 3.70. The Labute approximate surface area is 139 Å². The molecule has 2 aromatic heterocycles. The van der Waals surface area contributed by atoms with Crippen molar-refractivity contribution in [2.45, 2.75) is 19.1 Å². The Hall–Kier alpha value is -2.06. The minimum absolute atomic E-state index is 0.0412. The second-order valence-electron chi connectivity index (χ2n) is 5.26. The molecule has 3 aromatic rings. The van der Waals surface area contributed by atoms with Crippen molar-refractivity contribution < 1.29 is 9.13 Å². The van der Waals surface area contributed by atoms with Crippen LogP contribution < -0.4 is 5.32 Å². The van der Waals surface area contributed by atoms with E-state index in [1.165, 1.54) is 12.1 Å². The van der Waals surface area contributed by atoms with Crippen LogP contribution in [-0.4, -0.2) is 26.1 Å². The lowest BCUT2D eigenvalue weighted by Gasteiger charge is -2.12. The van der Waals surface area contributed by atoms with Crippen LogP contribution in [0.3, 0.4) is 0 Å². The Morgan fingerprint density at radius 3 is 2.83 bits per heavy atom. The van der Waals surface area contributed by atoms with Gasteiger partial charge in [-0.15, -0.1) is 0 Å². The van der Waals surface area contributed by atoms with Gasteiger partial charge in [-0.2, -0.15) is 0 Å². The molecule has 3 heterocycles. The third-order valence-electron chi connectivity index (χ3n) is 3.72. The zero-order valence-corrected chi connectivity index (χ0v) is 13.6. The summed E-state index contributed by atoms with van der Waals surface area (Å²) in [7, 11) is 0. The van der Waals surface area contributed by atoms with Crippen LogP contribution >= 0.6 is 15.9 Å². The first-order chi connectivity index (χ1) is 11.2. The first-order valence-corrected chi connectivity index (χ1v) is 8.04. The predicted octanol–water partition coefficient (Wildman–Crippen LogP) is 3.78. The summed E-state index contributed by atoms with van der Waals surface area (Å²) < 4.78 is 21.1. The molecule has 0 radical (unpaired) electrons. The summed E-state index contributed by atoms with van der Waals surface area (Å²) in [5, 5.41) is 3.15. The molecule has 0 spiro atoms. The zero-order chi connectivity index (χ0) is 15.8. The zero-order valence-electron chi connectivity index (χ0n) is 12.0. The van der Waals surface area contributed by atoms with E-state index in [1.54, 1.807) is 18.5 Å². The summed E-state index contributed by atoms with van der Waals surface area (Å²) in [6.45, 7) is 0.747. The van der Waals surface area contributed by atoms with Crippen LogP contribution in [0.5, 0.6) is 0 Å². The Morgan fingerprint density at radius 2 is 2.09 bits per heavy atom. The number of fused-ring (bicyclic) bond motifs is 1. The molecular formula is C15H13BrFN5O. The second kappa shape index (κ2) is 5.86. The molecule has 23 heavy (non-hydrogen) atoms. The number of halogens is 2. The summed E-state index contributed by atoms with van der Waals surface area (Å²) in [6.07, 6.45) is 3.64. The summed E-state index contributed by atoms with van der Waals surface area (Å²) in [5.41, 5.74) is 2.07. The first-order valence-electron chi connectivity index (χ1n) is 7.25. The topological polar surface area (TPSA) is 64.9 Å². The van der Waals surface area contributed by atoms with E-state index in [0.29, 0.717) is 21.7 Å². The summed E-state index contributed by atoms with van der Waals surface area (Å²) >= 11 is 3.33. The van der Waals surface area contributed by atoms with Gasteiger partial charge in [-0.1, -0.05) is 0 Å². The van der Waals surface area contributed by atoms with Crippen LogP contribution in [0.2, 0.25) is 0 Å². The van der Waals surface area contributed by atoms with Gasteiger partial charge >= 0.3 is 0 Å². The average molecular weight is 378 g/mol. The highest BCUT2D eigenvalue weighted by atomic mass is 79.9. The maximum Gasteiger partial charge on any atom is 0.200 e. The van der Waals surface area contributed by atoms with E-state index in [9.17, 15) is 4.39 Å². The Bertz CT molecular complexity index is 845. The SMILES string of the molecule is Fc1ccc(Nc2nc(Br)nc3c2ncn3C2CCCO2)cc1. The second-order valence-corrected chi connectivity index (χ2v) is 5.97. The number of ether oxygens (including phenoxy) is 1. The van der Waals surface area contributed by atoms with Crippen molar-refractivity contribution in [2.75, 3.05) is 11.9 Å². The number of hydrogen-bond donors (Lipinski definition) is 1. The number of nitrogens with one attached hydrogen (secondary N) is 1. The molecule has 1 atom stereocenters. The van der Waals surface area contributed by atoms with Crippen molar-refractivity contribution in [3.05, 3.63) is 41.1 Å². The minimum atomic E-state index is -0.285. The van der Waals surface area contributed by atoms with Gasteiger partial charge < -0.3 is 10.1 Å². The molecule has 0 saturated carbocycles. The number of imidazole rings is 1. The largest absolute Gasteiger partial charge is 0.358 e. The smallest absolute Gasteiger partial charge is 0.200 e. The highest BCUT2D eigenvalue weighted by Crippen LogP contribution is 2.30. The molecule has 4 rings (SSSR count). The van der Waals surface area contributed by atoms with Gasteiger partial charge in [0.2, 0.25) is 4.73 Å². The van der Waals surface area contributed by atoms with Crippen LogP contribution in [0.1, 0.15) is 19.1 Å². The molecular weight excluding hydrogens is 365 g/mol. The van der Waals surface area contributed by atoms with Gasteiger partial charge in [0.1, 0.15) is 12.0 Å². The maximum atomic E-state index is 13.0. The average Bonchev–Trinajstić information content (AvgIpc) is 3.18. The van der Waals surface area contributed by atoms with Crippen molar-refractivity contribution in [3.63, 3.8) is 0 Å². The van der Waals surface area contributed by atoms with Gasteiger partial charge in [-0.3, -0.25) is 4.57 Å². The van der Waals surface area contributed by atoms with E-state index >= 15 is 0 Å². The number of anilines is 2. The standard InChI is InChI=1S/C15H13BrFN5O/c16-15-20-13(19-10-5-3-9(17)4-6-10)12-14(21-15)22(8-18-12)11-2-1-7-23-11/h3-6,8,11H,1-2,7H2,(H,19,20,21). The van der Waals surface area contributed by atoms with Crippen LogP contribution in [-0.2, 0) is 4.74 Å². The van der Waals surface area contributed by atoms with E-state index in [1.807, 2.05) is 4.57 Å². The van der Waals surface area contributed by atoms with Gasteiger partial charge in [-0.25, -0.2) is 19.3 Å². The normalized spacial score (nSPS) is 17.7. The minimum Gasteiger partial charge on any atom is -0.358 e. The van der Waals surface area contributed by atoms with E-state index in [2.05, 4.69) is 36.2 Å². The summed E-state index contributed by atoms with van der Waals surface area (Å²) in [6, 6.07) is 6.07. The van der Waals surface area contributed by atoms with E-state index in [0.717, 1.165) is 25.1 Å². The highest BCUT2D eigenvalue weighted by Gasteiger charge is 2.22. The fraction of sp³-hybridized carbons (Fsp3) is 0.267. The van der Waals surface area contributed by atoms with Crippen LogP contribution in [0.25, 0.3) is 11.2 Å². The molecule has 1 fully saturated rings. The number of hydrogen-bond acceptors (Lipinski definition) is 5. The molecule has 1 N–H and O–H groups in total. The third-order valence-corrected chi connectivity index (χ3v) is 4.07.